The summed E-state index contributed by atoms with van der Waals surface area (Å²) < 4.78 is 16.3. The zero-order valence-corrected chi connectivity index (χ0v) is 11.1. The van der Waals surface area contributed by atoms with Gasteiger partial charge in [0.2, 0.25) is 0 Å². The minimum Gasteiger partial charge on any atom is -0.494 e. The first-order valence-electron chi connectivity index (χ1n) is 6.07. The Balaban J connectivity index is 2.18. The molecule has 100 valence electrons. The number of rotatable bonds is 5. The highest BCUT2D eigenvalue weighted by atomic mass is 16.5. The number of hydrogen-bond acceptors (Lipinski definition) is 4. The van der Waals surface area contributed by atoms with Crippen molar-refractivity contribution in [2.24, 2.45) is 0 Å². The number of ether oxygens (including phenoxy) is 3. The summed E-state index contributed by atoms with van der Waals surface area (Å²) in [6.45, 7) is 2.57. The van der Waals surface area contributed by atoms with Crippen LogP contribution in [0.15, 0.2) is 42.5 Å². The lowest BCUT2D eigenvalue weighted by Crippen LogP contribution is -1.94. The average Bonchev–Trinajstić information content (AvgIpc) is 2.42. The zero-order valence-electron chi connectivity index (χ0n) is 11.1. The molecule has 0 aliphatic rings. The van der Waals surface area contributed by atoms with Crippen molar-refractivity contribution in [1.29, 1.82) is 0 Å². The molecule has 0 fully saturated rings. The van der Waals surface area contributed by atoms with Crippen LogP contribution in [0.4, 0.5) is 5.69 Å². The normalized spacial score (nSPS) is 10.0. The molecule has 0 aliphatic carbocycles. The third kappa shape index (κ3) is 3.31. The van der Waals surface area contributed by atoms with E-state index < -0.39 is 0 Å². The Kier molecular flexibility index (Phi) is 4.13. The third-order valence-electron chi connectivity index (χ3n) is 2.56. The number of anilines is 1. The zero-order chi connectivity index (χ0) is 13.7. The van der Waals surface area contributed by atoms with E-state index in [1.54, 1.807) is 25.3 Å². The first-order valence-corrected chi connectivity index (χ1v) is 6.07. The van der Waals surface area contributed by atoms with E-state index in [0.717, 1.165) is 5.75 Å². The van der Waals surface area contributed by atoms with E-state index in [2.05, 4.69) is 0 Å². The highest BCUT2D eigenvalue weighted by Crippen LogP contribution is 2.30. The van der Waals surface area contributed by atoms with Crippen molar-refractivity contribution in [2.75, 3.05) is 19.5 Å². The Labute approximate surface area is 112 Å². The smallest absolute Gasteiger partial charge is 0.145 e. The van der Waals surface area contributed by atoms with E-state index in [-0.39, 0.29) is 0 Å². The maximum Gasteiger partial charge on any atom is 0.145 e. The van der Waals surface area contributed by atoms with Gasteiger partial charge in [-0.2, -0.15) is 0 Å². The van der Waals surface area contributed by atoms with Gasteiger partial charge in [-0.05, 0) is 31.2 Å². The predicted octanol–water partition coefficient (Wildman–Crippen LogP) is 3.47. The summed E-state index contributed by atoms with van der Waals surface area (Å²) in [5.74, 6) is 2.75. The quantitative estimate of drug-likeness (QED) is 0.835. The summed E-state index contributed by atoms with van der Waals surface area (Å²) in [7, 11) is 1.57. The van der Waals surface area contributed by atoms with Crippen molar-refractivity contribution >= 4 is 5.69 Å². The fraction of sp³-hybridized carbons (Fsp3) is 0.200. The largest absolute Gasteiger partial charge is 0.494 e. The van der Waals surface area contributed by atoms with Gasteiger partial charge < -0.3 is 19.9 Å². The lowest BCUT2D eigenvalue weighted by molar-refractivity contribution is 0.338. The molecule has 0 heterocycles. The second-order valence-corrected chi connectivity index (χ2v) is 3.91. The molecule has 19 heavy (non-hydrogen) atoms. The van der Waals surface area contributed by atoms with Crippen molar-refractivity contribution < 1.29 is 14.2 Å². The van der Waals surface area contributed by atoms with Crippen LogP contribution in [0.3, 0.4) is 0 Å². The SMILES string of the molecule is CCOc1cccc(Oc2ccc(N)c(OC)c2)c1. The first kappa shape index (κ1) is 13.1. The van der Waals surface area contributed by atoms with Crippen molar-refractivity contribution in [3.05, 3.63) is 42.5 Å². The highest BCUT2D eigenvalue weighted by Gasteiger charge is 2.04. The molecule has 0 spiro atoms. The molecular formula is C15H17NO3. The van der Waals surface area contributed by atoms with E-state index >= 15 is 0 Å². The minimum atomic E-state index is 0.581. The average molecular weight is 259 g/mol. The van der Waals surface area contributed by atoms with E-state index in [1.165, 1.54) is 0 Å². The van der Waals surface area contributed by atoms with Gasteiger partial charge in [-0.25, -0.2) is 0 Å². The summed E-state index contributed by atoms with van der Waals surface area (Å²) in [6, 6.07) is 12.8. The molecule has 2 rings (SSSR count). The van der Waals surface area contributed by atoms with Crippen LogP contribution in [0.2, 0.25) is 0 Å². The Hall–Kier alpha value is -2.36. The number of nitrogen functional groups attached to an aromatic ring is 1. The van der Waals surface area contributed by atoms with Gasteiger partial charge in [0.05, 0.1) is 19.4 Å². The molecule has 0 aromatic heterocycles. The van der Waals surface area contributed by atoms with Crippen LogP contribution in [0.1, 0.15) is 6.92 Å². The Bertz CT molecular complexity index is 555. The van der Waals surface area contributed by atoms with Gasteiger partial charge in [0.1, 0.15) is 23.0 Å². The Morgan fingerprint density at radius 1 is 1.00 bits per heavy atom. The molecule has 0 atom stereocenters. The highest BCUT2D eigenvalue weighted by molar-refractivity contribution is 5.56. The van der Waals surface area contributed by atoms with Crippen molar-refractivity contribution in [3.8, 4) is 23.0 Å². The summed E-state index contributed by atoms with van der Waals surface area (Å²) >= 11 is 0. The van der Waals surface area contributed by atoms with Gasteiger partial charge >= 0.3 is 0 Å². The van der Waals surface area contributed by atoms with Gasteiger partial charge in [-0.1, -0.05) is 6.07 Å². The van der Waals surface area contributed by atoms with Gasteiger partial charge in [0, 0.05) is 12.1 Å². The Morgan fingerprint density at radius 2 is 1.74 bits per heavy atom. The number of hydrogen-bond donors (Lipinski definition) is 1. The second-order valence-electron chi connectivity index (χ2n) is 3.91. The van der Waals surface area contributed by atoms with Crippen LogP contribution in [-0.2, 0) is 0 Å². The maximum atomic E-state index is 5.76. The fourth-order valence-electron chi connectivity index (χ4n) is 1.69. The molecule has 0 aliphatic heterocycles. The van der Waals surface area contributed by atoms with E-state index in [4.69, 9.17) is 19.9 Å². The fourth-order valence-corrected chi connectivity index (χ4v) is 1.69. The Morgan fingerprint density at radius 3 is 2.47 bits per heavy atom. The molecule has 0 amide bonds. The van der Waals surface area contributed by atoms with Crippen LogP contribution in [0, 0.1) is 0 Å². The third-order valence-corrected chi connectivity index (χ3v) is 2.56. The van der Waals surface area contributed by atoms with Gasteiger partial charge in [0.15, 0.2) is 0 Å². The second kappa shape index (κ2) is 6.00. The van der Waals surface area contributed by atoms with Crippen LogP contribution in [0.5, 0.6) is 23.0 Å². The van der Waals surface area contributed by atoms with E-state index in [0.29, 0.717) is 29.5 Å². The lowest BCUT2D eigenvalue weighted by atomic mass is 10.2. The molecule has 0 unspecified atom stereocenters. The maximum absolute atomic E-state index is 5.76. The topological polar surface area (TPSA) is 53.7 Å². The molecule has 0 radical (unpaired) electrons. The standard InChI is InChI=1S/C15H17NO3/c1-3-18-11-5-4-6-12(9-11)19-13-7-8-14(16)15(10-13)17-2/h4-10H,3,16H2,1-2H3. The van der Waals surface area contributed by atoms with Crippen molar-refractivity contribution in [2.45, 2.75) is 6.92 Å². The molecule has 2 aromatic rings. The van der Waals surface area contributed by atoms with Gasteiger partial charge in [-0.15, -0.1) is 0 Å². The molecular weight excluding hydrogens is 242 g/mol. The molecule has 2 N–H and O–H groups in total. The van der Waals surface area contributed by atoms with Crippen LogP contribution >= 0.6 is 0 Å². The number of benzene rings is 2. The van der Waals surface area contributed by atoms with Crippen molar-refractivity contribution in [1.82, 2.24) is 0 Å². The molecule has 2 aromatic carbocycles. The van der Waals surface area contributed by atoms with Gasteiger partial charge in [-0.3, -0.25) is 0 Å². The van der Waals surface area contributed by atoms with Crippen molar-refractivity contribution in [3.63, 3.8) is 0 Å². The van der Waals surface area contributed by atoms with Crippen LogP contribution in [0.25, 0.3) is 0 Å². The van der Waals surface area contributed by atoms with Crippen LogP contribution in [-0.4, -0.2) is 13.7 Å². The predicted molar refractivity (Wildman–Crippen MR) is 75.1 cm³/mol. The molecule has 0 saturated carbocycles. The summed E-state index contributed by atoms with van der Waals surface area (Å²) in [6.07, 6.45) is 0. The number of methoxy groups -OCH3 is 1. The van der Waals surface area contributed by atoms with Crippen LogP contribution < -0.4 is 19.9 Å². The molecule has 0 bridgehead atoms. The minimum absolute atomic E-state index is 0.581. The summed E-state index contributed by atoms with van der Waals surface area (Å²) in [4.78, 5) is 0. The van der Waals surface area contributed by atoms with E-state index in [9.17, 15) is 0 Å². The summed E-state index contributed by atoms with van der Waals surface area (Å²) in [5.41, 5.74) is 6.34. The van der Waals surface area contributed by atoms with E-state index in [1.807, 2.05) is 31.2 Å². The number of nitrogens with two attached hydrogens (primary N) is 1. The molecule has 4 heteroatoms. The molecule has 0 saturated heterocycles. The molecule has 4 nitrogen and oxygen atoms in total. The monoisotopic (exact) mass is 259 g/mol. The lowest BCUT2D eigenvalue weighted by Gasteiger charge is -2.10. The first-order chi connectivity index (χ1) is 9.22. The van der Waals surface area contributed by atoms with Gasteiger partial charge in [0.25, 0.3) is 0 Å². The summed E-state index contributed by atoms with van der Waals surface area (Å²) in [5, 5.41) is 0.